The van der Waals surface area contributed by atoms with Crippen LogP contribution in [0.4, 0.5) is 0 Å². The van der Waals surface area contributed by atoms with Crippen molar-refractivity contribution < 1.29 is 20.1 Å². The molecule has 31 heavy (non-hydrogen) atoms. The van der Waals surface area contributed by atoms with Crippen LogP contribution in [0.25, 0.3) is 0 Å². The minimum absolute atomic E-state index is 0.0954. The molecule has 172 valence electrons. The molecule has 2 rings (SSSR count). The van der Waals surface area contributed by atoms with Crippen molar-refractivity contribution in [2.45, 2.75) is 77.1 Å². The van der Waals surface area contributed by atoms with Gasteiger partial charge in [-0.1, -0.05) is 45.9 Å². The van der Waals surface area contributed by atoms with Gasteiger partial charge in [0.25, 0.3) is 0 Å². The summed E-state index contributed by atoms with van der Waals surface area (Å²) in [6.07, 6.45) is 1.59. The second kappa shape index (κ2) is 11.9. The zero-order valence-electron chi connectivity index (χ0n) is 19.5. The predicted molar refractivity (Wildman–Crippen MR) is 129 cm³/mol. The van der Waals surface area contributed by atoms with E-state index in [1.165, 1.54) is 16.0 Å². The van der Waals surface area contributed by atoms with Crippen molar-refractivity contribution in [1.29, 1.82) is 0 Å². The molecule has 0 aliphatic carbocycles. The fourth-order valence-electron chi connectivity index (χ4n) is 3.67. The number of benzene rings is 2. The van der Waals surface area contributed by atoms with Crippen molar-refractivity contribution in [1.82, 2.24) is 0 Å². The fraction of sp³-hybridized carbons (Fsp3) is 0.538. The van der Waals surface area contributed by atoms with E-state index >= 15 is 0 Å². The lowest BCUT2D eigenvalue weighted by Gasteiger charge is -2.33. The Morgan fingerprint density at radius 1 is 0.968 bits per heavy atom. The standard InChI is InChI=1S/C26H38O4S/c1-6-26(7-2,17-30-23-10-8-20(14-27)21(13-23)15-28)22-9-11-25(19(5)12-22)31-16-24(29)18(3)4/h8-13,18,24,27-29H,6-7,14-17H2,1-5H3. The van der Waals surface area contributed by atoms with E-state index < -0.39 is 0 Å². The number of rotatable bonds is 12. The molecule has 0 aliphatic heterocycles. The van der Waals surface area contributed by atoms with Gasteiger partial charge in [0.15, 0.2) is 0 Å². The van der Waals surface area contributed by atoms with Crippen molar-refractivity contribution in [2.24, 2.45) is 5.92 Å². The van der Waals surface area contributed by atoms with Crippen LogP contribution in [0.15, 0.2) is 41.3 Å². The van der Waals surface area contributed by atoms with Crippen LogP contribution in [0.2, 0.25) is 0 Å². The largest absolute Gasteiger partial charge is 0.493 e. The number of thioether (sulfide) groups is 1. The zero-order chi connectivity index (χ0) is 23.0. The molecule has 0 aromatic heterocycles. The molecule has 0 spiro atoms. The number of aliphatic hydroxyl groups is 3. The maximum Gasteiger partial charge on any atom is 0.119 e. The van der Waals surface area contributed by atoms with Crippen molar-refractivity contribution in [3.05, 3.63) is 58.7 Å². The van der Waals surface area contributed by atoms with Crippen LogP contribution >= 0.6 is 11.8 Å². The number of hydrogen-bond donors (Lipinski definition) is 3. The summed E-state index contributed by atoms with van der Waals surface area (Å²) in [5.74, 6) is 1.67. The van der Waals surface area contributed by atoms with Crippen molar-refractivity contribution in [3.63, 3.8) is 0 Å². The first-order valence-corrected chi connectivity index (χ1v) is 12.2. The first-order chi connectivity index (χ1) is 14.8. The molecule has 0 bridgehead atoms. The normalized spacial score (nSPS) is 12.9. The summed E-state index contributed by atoms with van der Waals surface area (Å²) in [5.41, 5.74) is 3.79. The summed E-state index contributed by atoms with van der Waals surface area (Å²) < 4.78 is 6.19. The Bertz CT molecular complexity index is 830. The Kier molecular flexibility index (Phi) is 9.89. The van der Waals surface area contributed by atoms with E-state index in [1.807, 2.05) is 32.0 Å². The summed E-state index contributed by atoms with van der Waals surface area (Å²) in [6, 6.07) is 12.1. The van der Waals surface area contributed by atoms with Crippen LogP contribution in [0.3, 0.4) is 0 Å². The lowest BCUT2D eigenvalue weighted by atomic mass is 9.76. The van der Waals surface area contributed by atoms with Gasteiger partial charge in [-0.25, -0.2) is 0 Å². The van der Waals surface area contributed by atoms with Crippen molar-refractivity contribution >= 4 is 11.8 Å². The van der Waals surface area contributed by atoms with Gasteiger partial charge in [0.2, 0.25) is 0 Å². The maximum absolute atomic E-state index is 10.1. The predicted octanol–water partition coefficient (Wildman–Crippen LogP) is 5.23. The Morgan fingerprint density at radius 2 is 1.65 bits per heavy atom. The quantitative estimate of drug-likeness (QED) is 0.390. The van der Waals surface area contributed by atoms with Crippen LogP contribution in [0.5, 0.6) is 5.75 Å². The third-order valence-electron chi connectivity index (χ3n) is 6.35. The molecule has 5 heteroatoms. The second-order valence-electron chi connectivity index (χ2n) is 8.63. The van der Waals surface area contributed by atoms with Crippen LogP contribution in [-0.4, -0.2) is 33.8 Å². The fourth-order valence-corrected chi connectivity index (χ4v) is 4.86. The van der Waals surface area contributed by atoms with E-state index in [1.54, 1.807) is 11.8 Å². The van der Waals surface area contributed by atoms with Gasteiger partial charge < -0.3 is 20.1 Å². The second-order valence-corrected chi connectivity index (χ2v) is 9.69. The summed E-state index contributed by atoms with van der Waals surface area (Å²) >= 11 is 1.71. The monoisotopic (exact) mass is 446 g/mol. The minimum atomic E-state index is -0.302. The van der Waals surface area contributed by atoms with E-state index in [2.05, 4.69) is 39.0 Å². The highest BCUT2D eigenvalue weighted by atomic mass is 32.2. The molecule has 0 fully saturated rings. The summed E-state index contributed by atoms with van der Waals surface area (Å²) in [5, 5.41) is 29.1. The van der Waals surface area contributed by atoms with Crippen molar-refractivity contribution in [2.75, 3.05) is 12.4 Å². The molecule has 0 heterocycles. The lowest BCUT2D eigenvalue weighted by Crippen LogP contribution is -2.32. The molecule has 1 unspecified atom stereocenters. The van der Waals surface area contributed by atoms with Gasteiger partial charge >= 0.3 is 0 Å². The molecule has 4 nitrogen and oxygen atoms in total. The molecular formula is C26H38O4S. The first kappa shape index (κ1) is 25.7. The molecule has 0 aliphatic rings. The van der Waals surface area contributed by atoms with Gasteiger partial charge in [0.1, 0.15) is 5.75 Å². The Morgan fingerprint density at radius 3 is 2.19 bits per heavy atom. The number of aryl methyl sites for hydroxylation is 1. The van der Waals surface area contributed by atoms with E-state index in [9.17, 15) is 15.3 Å². The SMILES string of the molecule is CCC(CC)(COc1ccc(CO)c(CO)c1)c1ccc(SCC(O)C(C)C)c(C)c1. The molecule has 3 N–H and O–H groups in total. The van der Waals surface area contributed by atoms with Crippen LogP contribution < -0.4 is 4.74 Å². The zero-order valence-corrected chi connectivity index (χ0v) is 20.3. The van der Waals surface area contributed by atoms with Gasteiger partial charge in [-0.15, -0.1) is 11.8 Å². The van der Waals surface area contributed by atoms with Crippen molar-refractivity contribution in [3.8, 4) is 5.75 Å². The third-order valence-corrected chi connectivity index (χ3v) is 7.63. The molecular weight excluding hydrogens is 408 g/mol. The van der Waals surface area contributed by atoms with E-state index in [0.717, 1.165) is 18.4 Å². The Hall–Kier alpha value is -1.53. The molecule has 1 atom stereocenters. The van der Waals surface area contributed by atoms with Gasteiger partial charge in [-0.3, -0.25) is 0 Å². The summed E-state index contributed by atoms with van der Waals surface area (Å²) in [6.45, 7) is 10.9. The molecule has 0 radical (unpaired) electrons. The highest BCUT2D eigenvalue weighted by Crippen LogP contribution is 2.36. The molecule has 0 saturated carbocycles. The topological polar surface area (TPSA) is 69.9 Å². The summed E-state index contributed by atoms with van der Waals surface area (Å²) in [7, 11) is 0. The third kappa shape index (κ3) is 6.48. The molecule has 2 aromatic rings. The highest BCUT2D eigenvalue weighted by Gasteiger charge is 2.30. The Labute approximate surface area is 191 Å². The van der Waals surface area contributed by atoms with Gasteiger partial charge in [0.05, 0.1) is 25.9 Å². The van der Waals surface area contributed by atoms with E-state index in [0.29, 0.717) is 23.7 Å². The minimum Gasteiger partial charge on any atom is -0.493 e. The first-order valence-electron chi connectivity index (χ1n) is 11.2. The van der Waals surface area contributed by atoms with Crippen LogP contribution in [0, 0.1) is 12.8 Å². The number of hydrogen-bond acceptors (Lipinski definition) is 5. The highest BCUT2D eigenvalue weighted by molar-refractivity contribution is 7.99. The lowest BCUT2D eigenvalue weighted by molar-refractivity contribution is 0.149. The maximum atomic E-state index is 10.1. The van der Waals surface area contributed by atoms with Gasteiger partial charge in [0, 0.05) is 16.1 Å². The average molecular weight is 447 g/mol. The van der Waals surface area contributed by atoms with Crippen LogP contribution in [0.1, 0.15) is 62.8 Å². The molecule has 2 aromatic carbocycles. The number of aliphatic hydroxyl groups excluding tert-OH is 3. The molecule has 0 amide bonds. The summed E-state index contributed by atoms with van der Waals surface area (Å²) in [4.78, 5) is 1.21. The van der Waals surface area contributed by atoms with Gasteiger partial charge in [-0.2, -0.15) is 0 Å². The smallest absolute Gasteiger partial charge is 0.119 e. The average Bonchev–Trinajstić information content (AvgIpc) is 2.78. The van der Waals surface area contributed by atoms with Crippen LogP contribution in [-0.2, 0) is 18.6 Å². The van der Waals surface area contributed by atoms with E-state index in [4.69, 9.17) is 4.74 Å². The van der Waals surface area contributed by atoms with Gasteiger partial charge in [-0.05, 0) is 66.1 Å². The Balaban J connectivity index is 2.19. The molecule has 0 saturated heterocycles. The van der Waals surface area contributed by atoms with E-state index in [-0.39, 0.29) is 30.7 Å². The number of ether oxygens (including phenoxy) is 1.